The van der Waals surface area contributed by atoms with E-state index in [1.807, 2.05) is 0 Å². The van der Waals surface area contributed by atoms with Crippen molar-refractivity contribution in [1.82, 2.24) is 10.2 Å². The van der Waals surface area contributed by atoms with Crippen molar-refractivity contribution in [2.45, 2.75) is 32.9 Å². The first-order valence-corrected chi connectivity index (χ1v) is 6.79. The van der Waals surface area contributed by atoms with Crippen molar-refractivity contribution in [2.75, 3.05) is 19.6 Å². The first-order chi connectivity index (χ1) is 8.29. The molecule has 0 spiro atoms. The van der Waals surface area contributed by atoms with Gasteiger partial charge in [-0.1, -0.05) is 50.6 Å². The molecule has 1 aromatic carbocycles. The average Bonchev–Trinajstić information content (AvgIpc) is 2.39. The van der Waals surface area contributed by atoms with Gasteiger partial charge < -0.3 is 5.32 Å². The number of nitrogens with one attached hydrogen (secondary N) is 1. The predicted octanol–water partition coefficient (Wildman–Crippen LogP) is 2.51. The van der Waals surface area contributed by atoms with Gasteiger partial charge in [0.05, 0.1) is 0 Å². The van der Waals surface area contributed by atoms with Gasteiger partial charge in [0.2, 0.25) is 0 Å². The molecule has 1 aliphatic heterocycles. The summed E-state index contributed by atoms with van der Waals surface area (Å²) < 4.78 is 0. The average molecular weight is 232 g/mol. The second-order valence-electron chi connectivity index (χ2n) is 5.17. The molecule has 1 heterocycles. The van der Waals surface area contributed by atoms with Crippen LogP contribution < -0.4 is 5.32 Å². The highest BCUT2D eigenvalue weighted by Gasteiger charge is 2.22. The normalized spacial score (nSPS) is 23.5. The highest BCUT2D eigenvalue weighted by atomic mass is 15.2. The molecule has 1 fully saturated rings. The van der Waals surface area contributed by atoms with Crippen LogP contribution >= 0.6 is 0 Å². The fourth-order valence-electron chi connectivity index (χ4n) is 2.49. The zero-order valence-electron chi connectivity index (χ0n) is 11.0. The minimum atomic E-state index is 0.664. The van der Waals surface area contributed by atoms with Gasteiger partial charge in [-0.15, -0.1) is 0 Å². The lowest BCUT2D eigenvalue weighted by molar-refractivity contribution is 0.162. The van der Waals surface area contributed by atoms with Crippen LogP contribution in [-0.4, -0.2) is 30.6 Å². The van der Waals surface area contributed by atoms with Gasteiger partial charge in [0.1, 0.15) is 0 Å². The zero-order chi connectivity index (χ0) is 12.1. The summed E-state index contributed by atoms with van der Waals surface area (Å²) in [6, 6.07) is 11.5. The highest BCUT2D eigenvalue weighted by molar-refractivity contribution is 5.14. The molecule has 94 valence electrons. The van der Waals surface area contributed by atoms with Gasteiger partial charge in [-0.2, -0.15) is 0 Å². The summed E-state index contributed by atoms with van der Waals surface area (Å²) in [5, 5.41) is 3.64. The van der Waals surface area contributed by atoms with Crippen molar-refractivity contribution < 1.29 is 0 Å². The van der Waals surface area contributed by atoms with E-state index >= 15 is 0 Å². The standard InChI is InChI=1S/C15H24N2/c1-3-13(2)15-12-17(10-9-16-15)11-14-7-5-4-6-8-14/h4-8,13,15-16H,3,9-12H2,1-2H3. The summed E-state index contributed by atoms with van der Waals surface area (Å²) in [7, 11) is 0. The van der Waals surface area contributed by atoms with Crippen LogP contribution in [0.3, 0.4) is 0 Å². The zero-order valence-corrected chi connectivity index (χ0v) is 11.0. The molecule has 0 aromatic heterocycles. The number of rotatable bonds is 4. The fraction of sp³-hybridized carbons (Fsp3) is 0.600. The Bertz CT molecular complexity index is 323. The molecule has 0 aliphatic carbocycles. The Morgan fingerprint density at radius 1 is 1.35 bits per heavy atom. The largest absolute Gasteiger partial charge is 0.311 e. The van der Waals surface area contributed by atoms with E-state index in [4.69, 9.17) is 0 Å². The van der Waals surface area contributed by atoms with E-state index in [2.05, 4.69) is 54.4 Å². The summed E-state index contributed by atoms with van der Waals surface area (Å²) in [5.41, 5.74) is 1.43. The Labute approximate surface area is 105 Å². The van der Waals surface area contributed by atoms with E-state index in [1.165, 1.54) is 25.1 Å². The molecular weight excluding hydrogens is 208 g/mol. The quantitative estimate of drug-likeness (QED) is 0.858. The van der Waals surface area contributed by atoms with Crippen molar-refractivity contribution in [1.29, 1.82) is 0 Å². The Morgan fingerprint density at radius 2 is 2.12 bits per heavy atom. The van der Waals surface area contributed by atoms with Crippen LogP contribution in [0.4, 0.5) is 0 Å². The number of piperazine rings is 1. The Hall–Kier alpha value is -0.860. The number of hydrogen-bond acceptors (Lipinski definition) is 2. The third kappa shape index (κ3) is 3.55. The second kappa shape index (κ2) is 6.18. The van der Waals surface area contributed by atoms with Crippen molar-refractivity contribution in [3.05, 3.63) is 35.9 Å². The van der Waals surface area contributed by atoms with Gasteiger partial charge in [-0.25, -0.2) is 0 Å². The predicted molar refractivity (Wildman–Crippen MR) is 73.0 cm³/mol. The molecule has 2 heteroatoms. The molecule has 1 N–H and O–H groups in total. The summed E-state index contributed by atoms with van der Waals surface area (Å²) in [4.78, 5) is 2.57. The van der Waals surface area contributed by atoms with Crippen LogP contribution in [-0.2, 0) is 6.54 Å². The van der Waals surface area contributed by atoms with Crippen LogP contribution in [0.15, 0.2) is 30.3 Å². The molecule has 2 atom stereocenters. The van der Waals surface area contributed by atoms with Gasteiger partial charge in [-0.05, 0) is 11.5 Å². The first kappa shape index (κ1) is 12.6. The van der Waals surface area contributed by atoms with E-state index in [1.54, 1.807) is 0 Å². The third-order valence-corrected chi connectivity index (χ3v) is 3.87. The van der Waals surface area contributed by atoms with Crippen molar-refractivity contribution >= 4 is 0 Å². The van der Waals surface area contributed by atoms with Crippen molar-refractivity contribution in [3.8, 4) is 0 Å². The summed E-state index contributed by atoms with van der Waals surface area (Å²) >= 11 is 0. The second-order valence-corrected chi connectivity index (χ2v) is 5.17. The Kier molecular flexibility index (Phi) is 4.57. The lowest BCUT2D eigenvalue weighted by Gasteiger charge is -2.36. The summed E-state index contributed by atoms with van der Waals surface area (Å²) in [6.07, 6.45) is 1.26. The van der Waals surface area contributed by atoms with Gasteiger partial charge in [0.15, 0.2) is 0 Å². The number of benzene rings is 1. The monoisotopic (exact) mass is 232 g/mol. The van der Waals surface area contributed by atoms with Gasteiger partial charge >= 0.3 is 0 Å². The topological polar surface area (TPSA) is 15.3 Å². The van der Waals surface area contributed by atoms with Crippen LogP contribution in [0.2, 0.25) is 0 Å². The third-order valence-electron chi connectivity index (χ3n) is 3.87. The van der Waals surface area contributed by atoms with Gasteiger partial charge in [0.25, 0.3) is 0 Å². The molecule has 17 heavy (non-hydrogen) atoms. The Morgan fingerprint density at radius 3 is 2.82 bits per heavy atom. The van der Waals surface area contributed by atoms with Crippen LogP contribution in [0.5, 0.6) is 0 Å². The molecule has 0 amide bonds. The van der Waals surface area contributed by atoms with E-state index in [0.29, 0.717) is 6.04 Å². The minimum absolute atomic E-state index is 0.664. The first-order valence-electron chi connectivity index (χ1n) is 6.79. The molecule has 1 saturated heterocycles. The molecule has 2 nitrogen and oxygen atoms in total. The maximum atomic E-state index is 3.64. The van der Waals surface area contributed by atoms with E-state index < -0.39 is 0 Å². The van der Waals surface area contributed by atoms with Gasteiger partial charge in [0, 0.05) is 32.2 Å². The lowest BCUT2D eigenvalue weighted by atomic mass is 9.97. The number of nitrogens with zero attached hydrogens (tertiary/aromatic N) is 1. The van der Waals surface area contributed by atoms with E-state index in [0.717, 1.165) is 19.0 Å². The Balaban J connectivity index is 1.89. The minimum Gasteiger partial charge on any atom is -0.311 e. The molecule has 0 bridgehead atoms. The SMILES string of the molecule is CCC(C)C1CN(Cc2ccccc2)CCN1. The van der Waals surface area contributed by atoms with Crippen molar-refractivity contribution in [2.24, 2.45) is 5.92 Å². The van der Waals surface area contributed by atoms with Gasteiger partial charge in [-0.3, -0.25) is 4.90 Å². The smallest absolute Gasteiger partial charge is 0.0234 e. The summed E-state index contributed by atoms with van der Waals surface area (Å²) in [5.74, 6) is 0.772. The van der Waals surface area contributed by atoms with E-state index in [-0.39, 0.29) is 0 Å². The molecule has 0 radical (unpaired) electrons. The molecule has 1 aromatic rings. The van der Waals surface area contributed by atoms with Crippen LogP contribution in [0.1, 0.15) is 25.8 Å². The van der Waals surface area contributed by atoms with Crippen LogP contribution in [0, 0.1) is 5.92 Å². The maximum absolute atomic E-state index is 3.64. The molecule has 1 aliphatic rings. The highest BCUT2D eigenvalue weighted by Crippen LogP contribution is 2.14. The summed E-state index contributed by atoms with van der Waals surface area (Å²) in [6.45, 7) is 9.20. The molecule has 2 rings (SSSR count). The van der Waals surface area contributed by atoms with Crippen molar-refractivity contribution in [3.63, 3.8) is 0 Å². The maximum Gasteiger partial charge on any atom is 0.0234 e. The van der Waals surface area contributed by atoms with Crippen LogP contribution in [0.25, 0.3) is 0 Å². The number of hydrogen-bond donors (Lipinski definition) is 1. The molecule has 0 saturated carbocycles. The molecule has 2 unspecified atom stereocenters. The fourth-order valence-corrected chi connectivity index (χ4v) is 2.49. The van der Waals surface area contributed by atoms with E-state index in [9.17, 15) is 0 Å². The molecular formula is C15H24N2. The lowest BCUT2D eigenvalue weighted by Crippen LogP contribution is -2.52.